The van der Waals surface area contributed by atoms with Crippen LogP contribution in [-0.2, 0) is 14.9 Å². The number of rotatable bonds is 4. The van der Waals surface area contributed by atoms with Gasteiger partial charge in [0.1, 0.15) is 5.82 Å². The highest BCUT2D eigenvalue weighted by atomic mass is 19.1. The van der Waals surface area contributed by atoms with Gasteiger partial charge in [-0.05, 0) is 61.6 Å². The molecule has 4 atom stereocenters. The van der Waals surface area contributed by atoms with Gasteiger partial charge in [0.25, 0.3) is 0 Å². The van der Waals surface area contributed by atoms with Crippen molar-refractivity contribution in [2.75, 3.05) is 19.8 Å². The first-order valence-corrected chi connectivity index (χ1v) is 9.46. The molecule has 3 N–H and O–H groups in total. The van der Waals surface area contributed by atoms with E-state index < -0.39 is 0 Å². The molecule has 25 heavy (non-hydrogen) atoms. The second-order valence-electron chi connectivity index (χ2n) is 8.05. The van der Waals surface area contributed by atoms with E-state index >= 15 is 0 Å². The third-order valence-corrected chi connectivity index (χ3v) is 6.79. The average Bonchev–Trinajstić information content (AvgIpc) is 3.22. The summed E-state index contributed by atoms with van der Waals surface area (Å²) >= 11 is 0. The number of carbonyl (C=O) groups excluding carboxylic acids is 1. The van der Waals surface area contributed by atoms with Crippen molar-refractivity contribution in [1.82, 2.24) is 5.32 Å². The molecule has 5 heteroatoms. The van der Waals surface area contributed by atoms with Gasteiger partial charge in [-0.1, -0.05) is 12.1 Å². The third-order valence-electron chi connectivity index (χ3n) is 6.79. The van der Waals surface area contributed by atoms with E-state index in [2.05, 4.69) is 5.32 Å². The summed E-state index contributed by atoms with van der Waals surface area (Å²) in [5.41, 5.74) is 7.21. The van der Waals surface area contributed by atoms with Crippen LogP contribution >= 0.6 is 0 Å². The molecule has 4 rings (SSSR count). The molecular formula is C20H27FN2O2. The monoisotopic (exact) mass is 346 g/mol. The maximum atomic E-state index is 13.3. The van der Waals surface area contributed by atoms with E-state index in [1.807, 2.05) is 12.1 Å². The van der Waals surface area contributed by atoms with Crippen molar-refractivity contribution in [3.05, 3.63) is 35.6 Å². The molecule has 4 unspecified atom stereocenters. The number of benzene rings is 1. The molecule has 0 radical (unpaired) electrons. The first-order chi connectivity index (χ1) is 12.1. The quantitative estimate of drug-likeness (QED) is 0.880. The average molecular weight is 346 g/mol. The van der Waals surface area contributed by atoms with Gasteiger partial charge in [-0.3, -0.25) is 4.79 Å². The Kier molecular flexibility index (Phi) is 4.54. The van der Waals surface area contributed by atoms with Crippen LogP contribution in [0.2, 0.25) is 0 Å². The molecule has 1 aromatic rings. The normalized spacial score (nSPS) is 33.4. The van der Waals surface area contributed by atoms with Gasteiger partial charge in [-0.25, -0.2) is 4.39 Å². The number of carbonyl (C=O) groups is 1. The Morgan fingerprint density at radius 1 is 1.20 bits per heavy atom. The number of amides is 1. The van der Waals surface area contributed by atoms with E-state index in [9.17, 15) is 9.18 Å². The van der Waals surface area contributed by atoms with Crippen LogP contribution in [0.5, 0.6) is 0 Å². The fraction of sp³-hybridized carbons (Fsp3) is 0.650. The Labute approximate surface area is 148 Å². The summed E-state index contributed by atoms with van der Waals surface area (Å²) in [6, 6.07) is 6.70. The standard InChI is InChI=1S/C20H27FN2O2/c21-16-5-3-15(4-6-16)20(7-9-25-10-8-20)12-23-19(24)17-13-1-2-14(11-13)18(17)22/h3-6,13-14,17-18H,1-2,7-12,22H2,(H,23,24). The van der Waals surface area contributed by atoms with Crippen molar-refractivity contribution in [3.8, 4) is 0 Å². The van der Waals surface area contributed by atoms with Gasteiger partial charge in [0.05, 0.1) is 5.92 Å². The van der Waals surface area contributed by atoms with E-state index in [1.54, 1.807) is 0 Å². The minimum atomic E-state index is -0.233. The molecule has 2 saturated carbocycles. The number of ether oxygens (including phenoxy) is 1. The second-order valence-corrected chi connectivity index (χ2v) is 8.05. The van der Waals surface area contributed by atoms with Gasteiger partial charge in [-0.15, -0.1) is 0 Å². The minimum Gasteiger partial charge on any atom is -0.381 e. The number of fused-ring (bicyclic) bond motifs is 2. The number of hydrogen-bond acceptors (Lipinski definition) is 3. The van der Waals surface area contributed by atoms with E-state index in [0.717, 1.165) is 31.2 Å². The van der Waals surface area contributed by atoms with Crippen LogP contribution in [0, 0.1) is 23.6 Å². The fourth-order valence-corrected chi connectivity index (χ4v) is 5.23. The van der Waals surface area contributed by atoms with Crippen LogP contribution in [-0.4, -0.2) is 31.7 Å². The SMILES string of the molecule is NC1C2CCC(C2)C1C(=O)NCC1(c2ccc(F)cc2)CCOCC1. The second kappa shape index (κ2) is 6.69. The molecule has 3 aliphatic rings. The molecule has 1 aromatic carbocycles. The van der Waals surface area contributed by atoms with E-state index in [-0.39, 0.29) is 29.1 Å². The van der Waals surface area contributed by atoms with Gasteiger partial charge in [0.2, 0.25) is 5.91 Å². The first-order valence-electron chi connectivity index (χ1n) is 9.46. The summed E-state index contributed by atoms with van der Waals surface area (Å²) < 4.78 is 18.8. The topological polar surface area (TPSA) is 64.4 Å². The molecular weight excluding hydrogens is 319 g/mol. The van der Waals surface area contributed by atoms with Crippen LogP contribution in [0.25, 0.3) is 0 Å². The highest BCUT2D eigenvalue weighted by molar-refractivity contribution is 5.80. The predicted molar refractivity (Wildman–Crippen MR) is 93.4 cm³/mol. The molecule has 2 aliphatic carbocycles. The molecule has 1 aliphatic heterocycles. The largest absolute Gasteiger partial charge is 0.381 e. The van der Waals surface area contributed by atoms with Crippen molar-refractivity contribution in [2.45, 2.75) is 43.6 Å². The summed E-state index contributed by atoms with van der Waals surface area (Å²) in [5.74, 6) is 0.811. The Morgan fingerprint density at radius 3 is 2.52 bits per heavy atom. The summed E-state index contributed by atoms with van der Waals surface area (Å²) in [4.78, 5) is 12.8. The third kappa shape index (κ3) is 3.08. The smallest absolute Gasteiger partial charge is 0.224 e. The Morgan fingerprint density at radius 2 is 1.88 bits per heavy atom. The van der Waals surface area contributed by atoms with Crippen LogP contribution in [0.4, 0.5) is 4.39 Å². The molecule has 1 saturated heterocycles. The number of halogens is 1. The summed E-state index contributed by atoms with van der Waals surface area (Å²) in [5, 5.41) is 3.20. The molecule has 1 amide bonds. The molecule has 3 fully saturated rings. The fourth-order valence-electron chi connectivity index (χ4n) is 5.23. The van der Waals surface area contributed by atoms with Crippen LogP contribution in [0.15, 0.2) is 24.3 Å². The number of nitrogens with one attached hydrogen (secondary N) is 1. The van der Waals surface area contributed by atoms with Gasteiger partial charge in [-0.2, -0.15) is 0 Å². The van der Waals surface area contributed by atoms with Gasteiger partial charge in [0.15, 0.2) is 0 Å². The van der Waals surface area contributed by atoms with Crippen LogP contribution in [0.1, 0.15) is 37.7 Å². The highest BCUT2D eigenvalue weighted by Crippen LogP contribution is 2.47. The lowest BCUT2D eigenvalue weighted by Gasteiger charge is -2.38. The van der Waals surface area contributed by atoms with Crippen LogP contribution in [0.3, 0.4) is 0 Å². The summed E-state index contributed by atoms with van der Waals surface area (Å²) in [6.07, 6.45) is 5.08. The predicted octanol–water partition coefficient (Wildman–Crippen LogP) is 2.36. The zero-order valence-corrected chi connectivity index (χ0v) is 14.5. The molecule has 4 nitrogen and oxygen atoms in total. The zero-order chi connectivity index (χ0) is 17.4. The summed E-state index contributed by atoms with van der Waals surface area (Å²) in [7, 11) is 0. The molecule has 0 aromatic heterocycles. The van der Waals surface area contributed by atoms with Crippen molar-refractivity contribution in [1.29, 1.82) is 0 Å². The van der Waals surface area contributed by atoms with Gasteiger partial charge in [0, 0.05) is 31.2 Å². The van der Waals surface area contributed by atoms with E-state index in [4.69, 9.17) is 10.5 Å². The van der Waals surface area contributed by atoms with Gasteiger partial charge < -0.3 is 15.8 Å². The first kappa shape index (κ1) is 17.0. The highest BCUT2D eigenvalue weighted by Gasteiger charge is 2.49. The van der Waals surface area contributed by atoms with E-state index in [0.29, 0.717) is 31.6 Å². The van der Waals surface area contributed by atoms with Crippen molar-refractivity contribution in [2.24, 2.45) is 23.5 Å². The Bertz CT molecular complexity index is 625. The van der Waals surface area contributed by atoms with Crippen molar-refractivity contribution >= 4 is 5.91 Å². The maximum Gasteiger partial charge on any atom is 0.224 e. The minimum absolute atomic E-state index is 0.00945. The molecule has 2 bridgehead atoms. The number of hydrogen-bond donors (Lipinski definition) is 2. The number of nitrogens with two attached hydrogens (primary N) is 1. The zero-order valence-electron chi connectivity index (χ0n) is 14.5. The summed E-state index contributed by atoms with van der Waals surface area (Å²) in [6.45, 7) is 1.91. The van der Waals surface area contributed by atoms with E-state index in [1.165, 1.54) is 18.6 Å². The lowest BCUT2D eigenvalue weighted by molar-refractivity contribution is -0.127. The maximum absolute atomic E-state index is 13.3. The van der Waals surface area contributed by atoms with Crippen LogP contribution < -0.4 is 11.1 Å². The Balaban J connectivity index is 1.48. The molecule has 136 valence electrons. The lowest BCUT2D eigenvalue weighted by Crippen LogP contribution is -2.50. The lowest BCUT2D eigenvalue weighted by atomic mass is 9.74. The molecule has 0 spiro atoms. The van der Waals surface area contributed by atoms with Crippen molar-refractivity contribution in [3.63, 3.8) is 0 Å². The van der Waals surface area contributed by atoms with Crippen molar-refractivity contribution < 1.29 is 13.9 Å². The molecule has 1 heterocycles. The van der Waals surface area contributed by atoms with Gasteiger partial charge >= 0.3 is 0 Å². The Hall–Kier alpha value is -1.46.